The van der Waals surface area contributed by atoms with Crippen LogP contribution >= 0.6 is 0 Å². The van der Waals surface area contributed by atoms with Crippen LogP contribution in [0.5, 0.6) is 0 Å². The van der Waals surface area contributed by atoms with Gasteiger partial charge in [0.1, 0.15) is 13.9 Å². The summed E-state index contributed by atoms with van der Waals surface area (Å²) < 4.78 is 29.9. The van der Waals surface area contributed by atoms with Crippen molar-refractivity contribution in [2.75, 3.05) is 11.4 Å². The van der Waals surface area contributed by atoms with E-state index in [-0.39, 0.29) is 21.4 Å². The molecule has 3 heterocycles. The van der Waals surface area contributed by atoms with Crippen LogP contribution in [0.25, 0.3) is 5.82 Å². The van der Waals surface area contributed by atoms with Crippen molar-refractivity contribution < 1.29 is 13.2 Å². The van der Waals surface area contributed by atoms with Crippen molar-refractivity contribution in [2.24, 2.45) is 11.3 Å². The number of sulfonamides is 1. The third-order valence-electron chi connectivity index (χ3n) is 7.73. The van der Waals surface area contributed by atoms with Crippen molar-refractivity contribution >= 4 is 35.1 Å². The molecule has 1 aliphatic rings. The molecule has 0 bridgehead atoms. The lowest BCUT2D eigenvalue weighted by Gasteiger charge is -2.34. The van der Waals surface area contributed by atoms with Gasteiger partial charge in [-0.25, -0.2) is 22.8 Å². The summed E-state index contributed by atoms with van der Waals surface area (Å²) in [7, 11) is -5.80. The zero-order valence-corrected chi connectivity index (χ0v) is 26.8. The molecule has 1 fully saturated rings. The fourth-order valence-corrected chi connectivity index (χ4v) is 8.89. The Balaban J connectivity index is 1.71. The van der Waals surface area contributed by atoms with E-state index in [0.717, 1.165) is 24.2 Å². The molecule has 0 unspecified atom stereocenters. The highest BCUT2D eigenvalue weighted by Crippen LogP contribution is 2.37. The van der Waals surface area contributed by atoms with E-state index in [0.29, 0.717) is 24.1 Å². The maximum Gasteiger partial charge on any atom is 0.268 e. The summed E-state index contributed by atoms with van der Waals surface area (Å²) in [5.41, 5.74) is 0.237. The normalized spacial score (nSPS) is 17.7. The summed E-state index contributed by atoms with van der Waals surface area (Å²) in [4.78, 5) is 20.6. The SMILES string of the molecule is C[C@@H]1CN(c2nc(-n3ccc([Si](C)(C)CCC(C)(C)C)n3)ccc2C(=O)NS(=O)(=O)c2ccccc2)C(C)(C)C1. The highest BCUT2D eigenvalue weighted by Gasteiger charge is 2.39. The molecule has 40 heavy (non-hydrogen) atoms. The van der Waals surface area contributed by atoms with Gasteiger partial charge in [0.25, 0.3) is 15.9 Å². The van der Waals surface area contributed by atoms with Crippen LogP contribution in [0.15, 0.2) is 59.6 Å². The molecule has 0 radical (unpaired) electrons. The molecule has 0 spiro atoms. The predicted molar refractivity (Wildman–Crippen MR) is 164 cm³/mol. The Morgan fingerprint density at radius 1 is 1.10 bits per heavy atom. The summed E-state index contributed by atoms with van der Waals surface area (Å²) in [5, 5.41) is 6.06. The number of carbonyl (C=O) groups is 1. The topological polar surface area (TPSA) is 97.2 Å². The Bertz CT molecular complexity index is 1480. The first-order chi connectivity index (χ1) is 18.5. The lowest BCUT2D eigenvalue weighted by atomic mass is 9.94. The van der Waals surface area contributed by atoms with Gasteiger partial charge in [-0.1, -0.05) is 71.5 Å². The monoisotopic (exact) mass is 581 g/mol. The van der Waals surface area contributed by atoms with E-state index < -0.39 is 24.0 Å². The number of nitrogens with zero attached hydrogens (tertiary/aromatic N) is 4. The molecule has 4 rings (SSSR count). The lowest BCUT2D eigenvalue weighted by Crippen LogP contribution is -2.43. The van der Waals surface area contributed by atoms with Gasteiger partial charge in [-0.05, 0) is 61.9 Å². The predicted octanol–water partition coefficient (Wildman–Crippen LogP) is 5.36. The molecular formula is C30H43N5O3SSi. The van der Waals surface area contributed by atoms with Crippen LogP contribution in [0, 0.1) is 11.3 Å². The number of hydrogen-bond acceptors (Lipinski definition) is 6. The number of amides is 1. The zero-order chi connectivity index (χ0) is 29.5. The molecule has 1 N–H and O–H groups in total. The number of rotatable bonds is 8. The first-order valence-electron chi connectivity index (χ1n) is 14.0. The second-order valence-corrected chi connectivity index (χ2v) is 20.1. The first kappa shape index (κ1) is 30.0. The maximum absolute atomic E-state index is 13.5. The molecule has 1 saturated heterocycles. The van der Waals surface area contributed by atoms with Crippen molar-refractivity contribution in [2.45, 2.75) is 84.0 Å². The van der Waals surface area contributed by atoms with Crippen molar-refractivity contribution in [1.29, 1.82) is 0 Å². The molecule has 3 aromatic rings. The van der Waals surface area contributed by atoms with E-state index in [4.69, 9.17) is 10.1 Å². The molecule has 0 aliphatic carbocycles. The molecule has 1 amide bonds. The largest absolute Gasteiger partial charge is 0.350 e. The Labute approximate surface area is 240 Å². The van der Waals surface area contributed by atoms with Crippen molar-refractivity contribution in [3.63, 3.8) is 0 Å². The summed E-state index contributed by atoms with van der Waals surface area (Å²) in [6.07, 6.45) is 4.01. The van der Waals surface area contributed by atoms with E-state index in [1.807, 2.05) is 6.20 Å². The number of carbonyl (C=O) groups excluding carboxylic acids is 1. The van der Waals surface area contributed by atoms with Crippen molar-refractivity contribution in [3.8, 4) is 5.82 Å². The second kappa shape index (κ2) is 10.8. The van der Waals surface area contributed by atoms with Crippen LogP contribution in [0.1, 0.15) is 64.7 Å². The Kier molecular flexibility index (Phi) is 8.08. The molecule has 1 aromatic carbocycles. The summed E-state index contributed by atoms with van der Waals surface area (Å²) in [6.45, 7) is 18.6. The third-order valence-corrected chi connectivity index (χ3v) is 12.2. The maximum atomic E-state index is 13.5. The zero-order valence-electron chi connectivity index (χ0n) is 25.0. The molecule has 2 aromatic heterocycles. The number of nitrogens with one attached hydrogen (secondary N) is 1. The minimum Gasteiger partial charge on any atom is -0.350 e. The van der Waals surface area contributed by atoms with Gasteiger partial charge in [0.15, 0.2) is 5.82 Å². The van der Waals surface area contributed by atoms with Gasteiger partial charge < -0.3 is 4.90 Å². The van der Waals surface area contributed by atoms with Gasteiger partial charge >= 0.3 is 0 Å². The average molecular weight is 582 g/mol. The van der Waals surface area contributed by atoms with E-state index >= 15 is 0 Å². The molecule has 216 valence electrons. The highest BCUT2D eigenvalue weighted by atomic mass is 32.2. The van der Waals surface area contributed by atoms with Crippen LogP contribution in [0.3, 0.4) is 0 Å². The van der Waals surface area contributed by atoms with Gasteiger partial charge in [0.2, 0.25) is 0 Å². The summed E-state index contributed by atoms with van der Waals surface area (Å²) >= 11 is 0. The average Bonchev–Trinajstić information content (AvgIpc) is 3.47. The first-order valence-corrected chi connectivity index (χ1v) is 18.6. The minimum absolute atomic E-state index is 0.0342. The smallest absolute Gasteiger partial charge is 0.268 e. The van der Waals surface area contributed by atoms with Crippen molar-refractivity contribution in [1.82, 2.24) is 19.5 Å². The number of anilines is 1. The van der Waals surface area contributed by atoms with E-state index in [2.05, 4.69) is 70.3 Å². The van der Waals surface area contributed by atoms with Gasteiger partial charge in [-0.15, -0.1) is 0 Å². The molecular weight excluding hydrogens is 539 g/mol. The Morgan fingerprint density at radius 3 is 2.38 bits per heavy atom. The number of hydrogen-bond donors (Lipinski definition) is 1. The minimum atomic E-state index is -4.04. The molecule has 8 nitrogen and oxygen atoms in total. The number of pyridine rings is 1. The molecule has 1 atom stereocenters. The number of benzene rings is 1. The van der Waals surface area contributed by atoms with E-state index in [9.17, 15) is 13.2 Å². The fraction of sp³-hybridized carbons (Fsp3) is 0.500. The van der Waals surface area contributed by atoms with E-state index in [1.165, 1.54) is 12.1 Å². The standard InChI is InChI=1S/C30H43N5O3SSi/c1-22-20-30(5,6)34(21-22)27-24(28(36)33-39(37,38)23-12-10-9-11-13-23)14-15-25(31-27)35-18-16-26(32-35)40(7,8)19-17-29(2,3)4/h9-16,18,22H,17,19-21H2,1-8H3,(H,33,36)/t22-/m0/s1. The van der Waals surface area contributed by atoms with Crippen LogP contribution in [-0.4, -0.2) is 49.2 Å². The third kappa shape index (κ3) is 6.66. The lowest BCUT2D eigenvalue weighted by molar-refractivity contribution is 0.0981. The van der Waals surface area contributed by atoms with Gasteiger partial charge in [0, 0.05) is 23.6 Å². The van der Waals surface area contributed by atoms with Crippen LogP contribution in [0.4, 0.5) is 5.82 Å². The van der Waals surface area contributed by atoms with Gasteiger partial charge in [-0.3, -0.25) is 4.79 Å². The van der Waals surface area contributed by atoms with Gasteiger partial charge in [0.05, 0.1) is 10.5 Å². The number of aromatic nitrogens is 3. The van der Waals surface area contributed by atoms with E-state index in [1.54, 1.807) is 35.0 Å². The fourth-order valence-electron chi connectivity index (χ4n) is 5.37. The van der Waals surface area contributed by atoms with Gasteiger partial charge in [-0.2, -0.15) is 5.10 Å². The Morgan fingerprint density at radius 2 is 1.77 bits per heavy atom. The molecule has 10 heteroatoms. The summed E-state index contributed by atoms with van der Waals surface area (Å²) in [6, 6.07) is 14.5. The molecule has 0 saturated carbocycles. The quantitative estimate of drug-likeness (QED) is 0.360. The van der Waals surface area contributed by atoms with Crippen LogP contribution in [-0.2, 0) is 10.0 Å². The highest BCUT2D eigenvalue weighted by molar-refractivity contribution is 7.90. The van der Waals surface area contributed by atoms with Crippen LogP contribution < -0.4 is 14.9 Å². The molecule has 1 aliphatic heterocycles. The summed E-state index contributed by atoms with van der Waals surface area (Å²) in [5.74, 6) is 0.758. The van der Waals surface area contributed by atoms with Crippen molar-refractivity contribution in [3.05, 3.63) is 60.3 Å². The Hall–Kier alpha value is -2.98. The van der Waals surface area contributed by atoms with Crippen LogP contribution in [0.2, 0.25) is 19.1 Å². The second-order valence-electron chi connectivity index (χ2n) is 13.6.